The highest BCUT2D eigenvalue weighted by atomic mass is 16.5. The summed E-state index contributed by atoms with van der Waals surface area (Å²) in [5.41, 5.74) is 1.51. The van der Waals surface area contributed by atoms with E-state index in [4.69, 9.17) is 4.52 Å². The number of Topliss-reactive ketones (excluding diaryl/α,β-unsaturated/α-hetero) is 1. The third-order valence-electron chi connectivity index (χ3n) is 3.57. The van der Waals surface area contributed by atoms with Crippen molar-refractivity contribution in [1.29, 1.82) is 0 Å². The van der Waals surface area contributed by atoms with Gasteiger partial charge in [0.1, 0.15) is 5.76 Å². The topological polar surface area (TPSA) is 43.1 Å². The maximum absolute atomic E-state index is 12.3. The molecule has 0 amide bonds. The molecular formula is C12H15NO2. The molecule has 15 heavy (non-hydrogen) atoms. The van der Waals surface area contributed by atoms with Crippen LogP contribution >= 0.6 is 0 Å². The van der Waals surface area contributed by atoms with Gasteiger partial charge >= 0.3 is 0 Å². The van der Waals surface area contributed by atoms with Crippen molar-refractivity contribution in [2.24, 2.45) is 5.41 Å². The van der Waals surface area contributed by atoms with E-state index in [1.165, 1.54) is 0 Å². The molecule has 0 aliphatic heterocycles. The maximum atomic E-state index is 12.3. The summed E-state index contributed by atoms with van der Waals surface area (Å²) >= 11 is 0. The standard InChI is InChI=1S/C12H15NO2/c1-12(2)6-5-8-9(11(12)14)10(13-15-8)7-3-4-7/h7H,3-6H2,1-2H3. The smallest absolute Gasteiger partial charge is 0.173 e. The summed E-state index contributed by atoms with van der Waals surface area (Å²) in [6.45, 7) is 4.03. The molecule has 1 aromatic heterocycles. The molecule has 1 aromatic rings. The molecule has 80 valence electrons. The number of carbonyl (C=O) groups excluding carboxylic acids is 1. The van der Waals surface area contributed by atoms with Gasteiger partial charge in [0, 0.05) is 17.8 Å². The first-order chi connectivity index (χ1) is 7.09. The van der Waals surface area contributed by atoms with Gasteiger partial charge in [-0.05, 0) is 19.3 Å². The molecule has 0 unspecified atom stereocenters. The quantitative estimate of drug-likeness (QED) is 0.708. The Balaban J connectivity index is 2.11. The number of hydrogen-bond acceptors (Lipinski definition) is 3. The van der Waals surface area contributed by atoms with Crippen LogP contribution < -0.4 is 0 Å². The van der Waals surface area contributed by atoms with E-state index in [1.54, 1.807) is 0 Å². The van der Waals surface area contributed by atoms with Gasteiger partial charge in [-0.3, -0.25) is 4.79 Å². The Labute approximate surface area is 88.8 Å². The fourth-order valence-corrected chi connectivity index (χ4v) is 2.27. The van der Waals surface area contributed by atoms with Gasteiger partial charge in [0.05, 0.1) is 11.3 Å². The van der Waals surface area contributed by atoms with Crippen LogP contribution in [0.4, 0.5) is 0 Å². The summed E-state index contributed by atoms with van der Waals surface area (Å²) < 4.78 is 5.28. The van der Waals surface area contributed by atoms with E-state index in [9.17, 15) is 4.79 Å². The van der Waals surface area contributed by atoms with Crippen LogP contribution in [0.25, 0.3) is 0 Å². The summed E-state index contributed by atoms with van der Waals surface area (Å²) in [7, 11) is 0. The molecule has 0 spiro atoms. The van der Waals surface area contributed by atoms with Gasteiger partial charge in [-0.15, -0.1) is 0 Å². The Morgan fingerprint density at radius 1 is 1.40 bits per heavy atom. The zero-order chi connectivity index (χ0) is 10.6. The lowest BCUT2D eigenvalue weighted by Gasteiger charge is -2.26. The summed E-state index contributed by atoms with van der Waals surface area (Å²) in [6.07, 6.45) is 4.05. The lowest BCUT2D eigenvalue weighted by Crippen LogP contribution is -2.30. The van der Waals surface area contributed by atoms with Crippen molar-refractivity contribution in [3.05, 3.63) is 17.0 Å². The zero-order valence-corrected chi connectivity index (χ0v) is 9.17. The molecule has 0 saturated heterocycles. The highest BCUT2D eigenvalue weighted by molar-refractivity contribution is 6.02. The van der Waals surface area contributed by atoms with Gasteiger partial charge in [0.15, 0.2) is 5.78 Å². The van der Waals surface area contributed by atoms with Crippen LogP contribution in [0.2, 0.25) is 0 Å². The normalized spacial score (nSPS) is 24.0. The van der Waals surface area contributed by atoms with Gasteiger partial charge in [-0.1, -0.05) is 19.0 Å². The summed E-state index contributed by atoms with van der Waals surface area (Å²) in [6, 6.07) is 0. The predicted molar refractivity (Wildman–Crippen MR) is 54.9 cm³/mol. The van der Waals surface area contributed by atoms with Crippen molar-refractivity contribution in [3.8, 4) is 0 Å². The van der Waals surface area contributed by atoms with Crippen LogP contribution in [-0.4, -0.2) is 10.9 Å². The number of nitrogens with zero attached hydrogens (tertiary/aromatic N) is 1. The average molecular weight is 205 g/mol. The minimum Gasteiger partial charge on any atom is -0.360 e. The lowest BCUT2D eigenvalue weighted by atomic mass is 9.74. The highest BCUT2D eigenvalue weighted by Gasteiger charge is 2.42. The van der Waals surface area contributed by atoms with E-state index in [2.05, 4.69) is 5.16 Å². The molecule has 1 fully saturated rings. The first-order valence-electron chi connectivity index (χ1n) is 5.63. The highest BCUT2D eigenvalue weighted by Crippen LogP contribution is 2.45. The van der Waals surface area contributed by atoms with Crippen molar-refractivity contribution < 1.29 is 9.32 Å². The summed E-state index contributed by atoms with van der Waals surface area (Å²) in [4.78, 5) is 12.3. The molecule has 1 heterocycles. The third kappa shape index (κ3) is 1.25. The minimum absolute atomic E-state index is 0.229. The van der Waals surface area contributed by atoms with E-state index >= 15 is 0 Å². The van der Waals surface area contributed by atoms with Crippen LogP contribution in [0.5, 0.6) is 0 Å². The molecule has 2 aliphatic carbocycles. The molecule has 0 aromatic carbocycles. The molecule has 3 nitrogen and oxygen atoms in total. The summed E-state index contributed by atoms with van der Waals surface area (Å²) in [5, 5.41) is 4.08. The molecule has 0 radical (unpaired) electrons. The fourth-order valence-electron chi connectivity index (χ4n) is 2.27. The molecule has 2 aliphatic rings. The van der Waals surface area contributed by atoms with Crippen molar-refractivity contribution in [2.45, 2.75) is 45.4 Å². The van der Waals surface area contributed by atoms with E-state index in [0.717, 1.165) is 42.7 Å². The van der Waals surface area contributed by atoms with Crippen LogP contribution in [0.15, 0.2) is 4.52 Å². The van der Waals surface area contributed by atoms with E-state index in [1.807, 2.05) is 13.8 Å². The second-order valence-corrected chi connectivity index (χ2v) is 5.35. The second kappa shape index (κ2) is 2.71. The molecule has 0 atom stereocenters. The van der Waals surface area contributed by atoms with Gasteiger partial charge < -0.3 is 4.52 Å². The molecule has 3 rings (SSSR count). The van der Waals surface area contributed by atoms with Crippen molar-refractivity contribution in [3.63, 3.8) is 0 Å². The number of rotatable bonds is 1. The molecule has 0 N–H and O–H groups in total. The predicted octanol–water partition coefficient (Wildman–Crippen LogP) is 2.71. The third-order valence-corrected chi connectivity index (χ3v) is 3.57. The molecule has 3 heteroatoms. The summed E-state index contributed by atoms with van der Waals surface area (Å²) in [5.74, 6) is 1.54. The fraction of sp³-hybridized carbons (Fsp3) is 0.667. The first-order valence-corrected chi connectivity index (χ1v) is 5.63. The molecule has 0 bridgehead atoms. The largest absolute Gasteiger partial charge is 0.360 e. The van der Waals surface area contributed by atoms with Crippen LogP contribution in [0.3, 0.4) is 0 Å². The van der Waals surface area contributed by atoms with Crippen LogP contribution in [0.1, 0.15) is 60.8 Å². The van der Waals surface area contributed by atoms with Gasteiger partial charge in [-0.2, -0.15) is 0 Å². The molecular weight excluding hydrogens is 190 g/mol. The number of hydrogen-bond donors (Lipinski definition) is 0. The van der Waals surface area contributed by atoms with Crippen molar-refractivity contribution in [1.82, 2.24) is 5.16 Å². The number of carbonyl (C=O) groups is 1. The minimum atomic E-state index is -0.234. The number of ketones is 1. The maximum Gasteiger partial charge on any atom is 0.173 e. The lowest BCUT2D eigenvalue weighted by molar-refractivity contribution is 0.0803. The van der Waals surface area contributed by atoms with Gasteiger partial charge in [-0.25, -0.2) is 0 Å². The van der Waals surface area contributed by atoms with E-state index in [-0.39, 0.29) is 11.2 Å². The number of aryl methyl sites for hydroxylation is 1. The van der Waals surface area contributed by atoms with Crippen LogP contribution in [-0.2, 0) is 6.42 Å². The monoisotopic (exact) mass is 205 g/mol. The molecule has 1 saturated carbocycles. The van der Waals surface area contributed by atoms with Crippen molar-refractivity contribution >= 4 is 5.78 Å². The van der Waals surface area contributed by atoms with Gasteiger partial charge in [0.25, 0.3) is 0 Å². The van der Waals surface area contributed by atoms with Crippen LogP contribution in [0, 0.1) is 5.41 Å². The van der Waals surface area contributed by atoms with Crippen molar-refractivity contribution in [2.75, 3.05) is 0 Å². The number of aromatic nitrogens is 1. The van der Waals surface area contributed by atoms with Gasteiger partial charge in [0.2, 0.25) is 0 Å². The zero-order valence-electron chi connectivity index (χ0n) is 9.17. The Morgan fingerprint density at radius 3 is 2.80 bits per heavy atom. The SMILES string of the molecule is CC1(C)CCc2onc(C3CC3)c2C1=O. The van der Waals surface area contributed by atoms with E-state index in [0.29, 0.717) is 5.92 Å². The Bertz CT molecular complexity index is 427. The average Bonchev–Trinajstić information content (AvgIpc) is 2.93. The van der Waals surface area contributed by atoms with E-state index < -0.39 is 0 Å². The second-order valence-electron chi connectivity index (χ2n) is 5.35. The Morgan fingerprint density at radius 2 is 2.13 bits per heavy atom. The number of fused-ring (bicyclic) bond motifs is 1. The Kier molecular flexibility index (Phi) is 1.65. The first kappa shape index (κ1) is 9.13. The Hall–Kier alpha value is -1.12.